The second-order valence-corrected chi connectivity index (χ2v) is 5.90. The van der Waals surface area contributed by atoms with Crippen LogP contribution in [0.3, 0.4) is 0 Å². The van der Waals surface area contributed by atoms with E-state index in [1.807, 2.05) is 0 Å². The minimum absolute atomic E-state index is 0.190. The lowest BCUT2D eigenvalue weighted by atomic mass is 10.1. The topological polar surface area (TPSA) is 20.3 Å². The molecule has 1 amide bonds. The van der Waals surface area contributed by atoms with Crippen molar-refractivity contribution in [3.05, 3.63) is 29.8 Å². The monoisotopic (exact) mass is 325 g/mol. The maximum absolute atomic E-state index is 12.7. The van der Waals surface area contributed by atoms with Crippen molar-refractivity contribution in [2.24, 2.45) is 5.92 Å². The molecule has 0 N–H and O–H groups in total. The first-order valence-electron chi connectivity index (χ1n) is 5.98. The van der Waals surface area contributed by atoms with Crippen molar-refractivity contribution in [3.63, 3.8) is 0 Å². The summed E-state index contributed by atoms with van der Waals surface area (Å²) < 4.78 is 38.0. The third-order valence-corrected chi connectivity index (χ3v) is 4.18. The highest BCUT2D eigenvalue weighted by molar-refractivity contribution is 6.35. The first-order valence-corrected chi connectivity index (χ1v) is 6.86. The van der Waals surface area contributed by atoms with Crippen molar-refractivity contribution in [1.29, 1.82) is 0 Å². The van der Waals surface area contributed by atoms with E-state index in [4.69, 9.17) is 23.2 Å². The maximum atomic E-state index is 12.7. The average Bonchev–Trinajstić information content (AvgIpc) is 2.66. The summed E-state index contributed by atoms with van der Waals surface area (Å²) in [4.78, 5) is 13.3. The van der Waals surface area contributed by atoms with Gasteiger partial charge in [0.25, 0.3) is 0 Å². The van der Waals surface area contributed by atoms with Crippen LogP contribution in [0.1, 0.15) is 12.5 Å². The number of hydrogen-bond donors (Lipinski definition) is 0. The molecule has 1 saturated heterocycles. The zero-order chi connectivity index (χ0) is 15.1. The summed E-state index contributed by atoms with van der Waals surface area (Å²) in [6.45, 7) is 1.93. The van der Waals surface area contributed by atoms with Crippen molar-refractivity contribution in [2.75, 3.05) is 11.4 Å². The molecule has 0 aromatic heterocycles. The van der Waals surface area contributed by atoms with Crippen LogP contribution in [0.2, 0.25) is 0 Å². The van der Waals surface area contributed by atoms with Gasteiger partial charge in [0.15, 0.2) is 0 Å². The minimum Gasteiger partial charge on any atom is -0.311 e. The Morgan fingerprint density at radius 3 is 2.55 bits per heavy atom. The number of hydrogen-bond acceptors (Lipinski definition) is 1. The SMILES string of the molecule is CC(Cl)C1CN(c2cccc(C(F)(F)F)c2)C(=O)C1Cl. The lowest BCUT2D eigenvalue weighted by Gasteiger charge is -2.18. The van der Waals surface area contributed by atoms with Crippen LogP contribution < -0.4 is 4.90 Å². The van der Waals surface area contributed by atoms with Crippen LogP contribution >= 0.6 is 23.2 Å². The van der Waals surface area contributed by atoms with Crippen LogP contribution in [0.5, 0.6) is 0 Å². The van der Waals surface area contributed by atoms with E-state index in [0.717, 1.165) is 12.1 Å². The fourth-order valence-corrected chi connectivity index (χ4v) is 2.90. The second kappa shape index (κ2) is 5.45. The highest BCUT2D eigenvalue weighted by Crippen LogP contribution is 2.35. The quantitative estimate of drug-likeness (QED) is 0.755. The van der Waals surface area contributed by atoms with Crippen LogP contribution in [0.25, 0.3) is 0 Å². The molecule has 0 bridgehead atoms. The number of benzene rings is 1. The molecule has 7 heteroatoms. The third-order valence-electron chi connectivity index (χ3n) is 3.35. The molecule has 1 heterocycles. The molecule has 0 aliphatic carbocycles. The summed E-state index contributed by atoms with van der Waals surface area (Å²) >= 11 is 12.0. The van der Waals surface area contributed by atoms with Gasteiger partial charge in [-0.3, -0.25) is 4.79 Å². The molecular formula is C13H12Cl2F3NO. The van der Waals surface area contributed by atoms with Gasteiger partial charge in [-0.1, -0.05) is 6.07 Å². The summed E-state index contributed by atoms with van der Waals surface area (Å²) in [5.41, 5.74) is -0.605. The number of rotatable bonds is 2. The lowest BCUT2D eigenvalue weighted by molar-refractivity contribution is -0.137. The summed E-state index contributed by atoms with van der Waals surface area (Å²) in [6, 6.07) is 4.64. The molecule has 0 spiro atoms. The van der Waals surface area contributed by atoms with Gasteiger partial charge in [-0.25, -0.2) is 0 Å². The summed E-state index contributed by atoms with van der Waals surface area (Å²) in [5, 5.41) is -1.14. The third kappa shape index (κ3) is 2.88. The van der Waals surface area contributed by atoms with E-state index < -0.39 is 23.0 Å². The molecule has 2 nitrogen and oxygen atoms in total. The predicted octanol–water partition coefficient (Wildman–Crippen LogP) is 3.90. The molecule has 1 aliphatic rings. The molecule has 1 aromatic carbocycles. The van der Waals surface area contributed by atoms with Gasteiger partial charge in [0.05, 0.1) is 5.56 Å². The normalized spacial score (nSPS) is 25.1. The van der Waals surface area contributed by atoms with Gasteiger partial charge in [-0.15, -0.1) is 23.2 Å². The summed E-state index contributed by atoms with van der Waals surface area (Å²) in [6.07, 6.45) is -4.45. The number of nitrogens with zero attached hydrogens (tertiary/aromatic N) is 1. The molecule has 0 saturated carbocycles. The molecule has 3 atom stereocenters. The molecule has 3 unspecified atom stereocenters. The molecule has 2 rings (SSSR count). The van der Waals surface area contributed by atoms with Crippen molar-refractivity contribution in [1.82, 2.24) is 0 Å². The van der Waals surface area contributed by atoms with Crippen molar-refractivity contribution >= 4 is 34.8 Å². The van der Waals surface area contributed by atoms with Crippen LogP contribution in [0.15, 0.2) is 24.3 Å². The number of halogens is 5. The Labute approximate surface area is 124 Å². The number of anilines is 1. The van der Waals surface area contributed by atoms with Crippen LogP contribution in [-0.2, 0) is 11.0 Å². The van der Waals surface area contributed by atoms with Crippen molar-refractivity contribution in [3.8, 4) is 0 Å². The van der Waals surface area contributed by atoms with E-state index in [-0.39, 0.29) is 23.5 Å². The number of amides is 1. The zero-order valence-corrected chi connectivity index (χ0v) is 12.0. The highest BCUT2D eigenvalue weighted by atomic mass is 35.5. The summed E-state index contributed by atoms with van der Waals surface area (Å²) in [7, 11) is 0. The molecular weight excluding hydrogens is 314 g/mol. The standard InChI is InChI=1S/C13H12Cl2F3NO/c1-7(14)10-6-19(12(20)11(10)15)9-4-2-3-8(5-9)13(16,17)18/h2-5,7,10-11H,6H2,1H3. The maximum Gasteiger partial charge on any atom is 0.416 e. The van der Waals surface area contributed by atoms with Gasteiger partial charge in [-0.2, -0.15) is 13.2 Å². The van der Waals surface area contributed by atoms with Gasteiger partial charge >= 0.3 is 6.18 Å². The minimum atomic E-state index is -4.45. The fourth-order valence-electron chi connectivity index (χ4n) is 2.19. The largest absolute Gasteiger partial charge is 0.416 e. The molecule has 1 fully saturated rings. The van der Waals surface area contributed by atoms with E-state index in [1.54, 1.807) is 6.92 Å². The first-order chi connectivity index (χ1) is 9.21. The Morgan fingerprint density at radius 2 is 2.05 bits per heavy atom. The molecule has 110 valence electrons. The van der Waals surface area contributed by atoms with E-state index in [2.05, 4.69) is 0 Å². The number of carbonyl (C=O) groups is 1. The molecule has 20 heavy (non-hydrogen) atoms. The van der Waals surface area contributed by atoms with Gasteiger partial charge in [-0.05, 0) is 25.1 Å². The lowest BCUT2D eigenvalue weighted by Crippen LogP contribution is -2.27. The smallest absolute Gasteiger partial charge is 0.311 e. The second-order valence-electron chi connectivity index (χ2n) is 4.74. The Bertz CT molecular complexity index is 519. The van der Waals surface area contributed by atoms with E-state index in [0.29, 0.717) is 0 Å². The highest BCUT2D eigenvalue weighted by Gasteiger charge is 2.42. The first kappa shape index (κ1) is 15.4. The van der Waals surface area contributed by atoms with Gasteiger partial charge in [0.1, 0.15) is 5.38 Å². The van der Waals surface area contributed by atoms with E-state index in [1.165, 1.54) is 17.0 Å². The Kier molecular flexibility index (Phi) is 4.21. The van der Waals surface area contributed by atoms with Gasteiger partial charge in [0, 0.05) is 23.5 Å². The summed E-state index contributed by atoms with van der Waals surface area (Å²) in [5.74, 6) is -0.705. The van der Waals surface area contributed by atoms with Crippen LogP contribution in [0, 0.1) is 5.92 Å². The number of carbonyl (C=O) groups excluding carboxylic acids is 1. The Hall–Kier alpha value is -0.940. The van der Waals surface area contributed by atoms with Crippen LogP contribution in [0.4, 0.5) is 18.9 Å². The fraction of sp³-hybridized carbons (Fsp3) is 0.462. The molecule has 1 aromatic rings. The Morgan fingerprint density at radius 1 is 1.40 bits per heavy atom. The molecule has 0 radical (unpaired) electrons. The van der Waals surface area contributed by atoms with Crippen molar-refractivity contribution in [2.45, 2.75) is 23.9 Å². The van der Waals surface area contributed by atoms with Crippen LogP contribution in [-0.4, -0.2) is 23.2 Å². The van der Waals surface area contributed by atoms with E-state index >= 15 is 0 Å². The number of alkyl halides is 5. The van der Waals surface area contributed by atoms with Crippen molar-refractivity contribution < 1.29 is 18.0 Å². The average molecular weight is 326 g/mol. The van der Waals surface area contributed by atoms with E-state index in [9.17, 15) is 18.0 Å². The Balaban J connectivity index is 2.31. The molecule has 1 aliphatic heterocycles. The zero-order valence-electron chi connectivity index (χ0n) is 10.5. The van der Waals surface area contributed by atoms with Gasteiger partial charge in [0.2, 0.25) is 5.91 Å². The van der Waals surface area contributed by atoms with Gasteiger partial charge < -0.3 is 4.90 Å². The predicted molar refractivity (Wildman–Crippen MR) is 72.2 cm³/mol.